The van der Waals surface area contributed by atoms with E-state index in [0.717, 1.165) is 22.5 Å². The van der Waals surface area contributed by atoms with Crippen LogP contribution in [0.5, 0.6) is 0 Å². The molecule has 1 saturated heterocycles. The van der Waals surface area contributed by atoms with E-state index in [1.54, 1.807) is 11.3 Å². The Morgan fingerprint density at radius 3 is 2.76 bits per heavy atom. The molecule has 0 bridgehead atoms. The molecule has 131 valence electrons. The summed E-state index contributed by atoms with van der Waals surface area (Å²) in [6.45, 7) is 3.04. The van der Waals surface area contributed by atoms with Gasteiger partial charge < -0.3 is 14.7 Å². The zero-order valence-corrected chi connectivity index (χ0v) is 18.0. The number of amides is 1. The zero-order chi connectivity index (χ0) is 16.9. The fraction of sp³-hybridized carbons (Fsp3) is 0.421. The van der Waals surface area contributed by atoms with Gasteiger partial charge in [0.15, 0.2) is 0 Å². The second-order valence-corrected chi connectivity index (χ2v) is 6.97. The predicted octanol–water partition coefficient (Wildman–Crippen LogP) is 3.70. The number of hydrogen-bond acceptors (Lipinski definition) is 4. The molecule has 0 spiro atoms. The minimum atomic E-state index is -0.449. The fourth-order valence-corrected chi connectivity index (χ4v) is 3.56. The van der Waals surface area contributed by atoms with Crippen LogP contribution in [0.15, 0.2) is 36.4 Å². The number of aliphatic hydroxyl groups is 1. The first-order valence-corrected chi connectivity index (χ1v) is 9.13. The third kappa shape index (κ3) is 5.21. The summed E-state index contributed by atoms with van der Waals surface area (Å²) in [6, 6.07) is 11.6. The van der Waals surface area contributed by atoms with Gasteiger partial charge in [0.25, 0.3) is 0 Å². The fourth-order valence-electron chi connectivity index (χ4n) is 2.99. The molecule has 3 rings (SSSR count). The summed E-state index contributed by atoms with van der Waals surface area (Å²) >= 11 is 1.56. The van der Waals surface area contributed by atoms with Gasteiger partial charge in [-0.15, -0.1) is 10.3 Å². The molecule has 1 aromatic carbocycles. The van der Waals surface area contributed by atoms with E-state index in [4.69, 9.17) is 4.74 Å². The zero-order valence-electron chi connectivity index (χ0n) is 14.4. The topological polar surface area (TPSA) is 49.8 Å². The van der Waals surface area contributed by atoms with Crippen LogP contribution in [0.2, 0.25) is 0 Å². The van der Waals surface area contributed by atoms with Crippen LogP contribution in [0.1, 0.15) is 42.7 Å². The Bertz CT molecular complexity index is 660. The molecule has 2 aromatic rings. The summed E-state index contributed by atoms with van der Waals surface area (Å²) in [7, 11) is 0. The second kappa shape index (κ2) is 9.93. The number of carbonyl (C=O) groups excluding carboxylic acids is 1. The van der Waals surface area contributed by atoms with Gasteiger partial charge in [-0.1, -0.05) is 19.1 Å². The van der Waals surface area contributed by atoms with Gasteiger partial charge in [-0.05, 0) is 30.5 Å². The Balaban J connectivity index is 0.00000225. The van der Waals surface area contributed by atoms with E-state index in [0.29, 0.717) is 26.1 Å². The smallest absolute Gasteiger partial charge is 0.227 e. The predicted molar refractivity (Wildman–Crippen MR) is 95.0 cm³/mol. The van der Waals surface area contributed by atoms with E-state index in [9.17, 15) is 9.90 Å². The first kappa shape index (κ1) is 20.7. The standard InChI is InChI=1S/C19H22NO3S.Y/c1-2-18(21)14-5-7-15(8-6-14)20-16(9-10-19(20)22)12-23-13-17-4-3-11-24-17;/h3-8,16,18,21H,2,9-10,12-13H2,1H3;/q-1;/t16-,18?;/m1./s1. The third-order valence-electron chi connectivity index (χ3n) is 4.35. The van der Waals surface area contributed by atoms with Crippen molar-refractivity contribution in [1.82, 2.24) is 0 Å². The molecular formula is C19H22NO3SY-. The number of aliphatic hydroxyl groups excluding tert-OH is 1. The molecule has 2 heterocycles. The normalized spacial score (nSPS) is 18.2. The maximum atomic E-state index is 12.3. The van der Waals surface area contributed by atoms with Crippen LogP contribution in [-0.2, 0) is 48.8 Å². The largest absolute Gasteiger partial charge is 0.388 e. The van der Waals surface area contributed by atoms with Crippen LogP contribution in [-0.4, -0.2) is 23.7 Å². The molecule has 6 heteroatoms. The first-order chi connectivity index (χ1) is 11.7. The summed E-state index contributed by atoms with van der Waals surface area (Å²) in [6.07, 6.45) is 1.60. The van der Waals surface area contributed by atoms with Crippen molar-refractivity contribution < 1.29 is 47.3 Å². The van der Waals surface area contributed by atoms with Crippen LogP contribution in [0.3, 0.4) is 0 Å². The van der Waals surface area contributed by atoms with Gasteiger partial charge >= 0.3 is 0 Å². The van der Waals surface area contributed by atoms with Crippen molar-refractivity contribution in [3.63, 3.8) is 0 Å². The van der Waals surface area contributed by atoms with Crippen LogP contribution in [0.25, 0.3) is 0 Å². The number of nitrogens with zero attached hydrogens (tertiary/aromatic N) is 1. The molecule has 1 radical (unpaired) electrons. The van der Waals surface area contributed by atoms with Gasteiger partial charge in [-0.25, -0.2) is 0 Å². The van der Waals surface area contributed by atoms with E-state index in [-0.39, 0.29) is 44.7 Å². The van der Waals surface area contributed by atoms with E-state index < -0.39 is 6.10 Å². The molecule has 1 fully saturated rings. The number of benzene rings is 1. The summed E-state index contributed by atoms with van der Waals surface area (Å²) < 4.78 is 5.80. The van der Waals surface area contributed by atoms with Crippen molar-refractivity contribution >= 4 is 22.9 Å². The van der Waals surface area contributed by atoms with Gasteiger partial charge in [0.1, 0.15) is 0 Å². The summed E-state index contributed by atoms with van der Waals surface area (Å²) in [4.78, 5) is 15.2. The Morgan fingerprint density at radius 2 is 2.12 bits per heavy atom. The van der Waals surface area contributed by atoms with Crippen LogP contribution in [0, 0.1) is 5.38 Å². The van der Waals surface area contributed by atoms with Crippen molar-refractivity contribution in [3.8, 4) is 0 Å². The van der Waals surface area contributed by atoms with Crippen molar-refractivity contribution in [2.24, 2.45) is 0 Å². The molecule has 1 amide bonds. The van der Waals surface area contributed by atoms with Crippen LogP contribution < -0.4 is 4.90 Å². The summed E-state index contributed by atoms with van der Waals surface area (Å²) in [5.74, 6) is 0.136. The van der Waals surface area contributed by atoms with Gasteiger partial charge in [0.2, 0.25) is 5.91 Å². The molecule has 4 nitrogen and oxygen atoms in total. The maximum absolute atomic E-state index is 12.3. The molecular weight excluding hydrogens is 411 g/mol. The monoisotopic (exact) mass is 433 g/mol. The molecule has 1 aliphatic heterocycles. The number of hydrogen-bond donors (Lipinski definition) is 1. The van der Waals surface area contributed by atoms with Crippen LogP contribution in [0.4, 0.5) is 5.69 Å². The summed E-state index contributed by atoms with van der Waals surface area (Å²) in [5.41, 5.74) is 1.76. The van der Waals surface area contributed by atoms with Crippen LogP contribution >= 0.6 is 11.3 Å². The number of carbonyl (C=O) groups is 1. The minimum Gasteiger partial charge on any atom is -0.388 e. The molecule has 2 atom stereocenters. The quantitative estimate of drug-likeness (QED) is 0.678. The van der Waals surface area contributed by atoms with Gasteiger partial charge in [-0.3, -0.25) is 16.1 Å². The third-order valence-corrected chi connectivity index (χ3v) is 5.12. The Hall–Kier alpha value is -0.586. The number of ether oxygens (including phenoxy) is 1. The molecule has 0 saturated carbocycles. The SMILES string of the molecule is CCC(O)c1ccc(N2C(=O)CC[C@@H]2COCc2cc[c-]s2)cc1.[Y]. The average molecular weight is 433 g/mol. The maximum Gasteiger partial charge on any atom is 0.227 e. The van der Waals surface area contributed by atoms with Gasteiger partial charge in [-0.2, -0.15) is 12.1 Å². The number of anilines is 1. The Kier molecular flexibility index (Phi) is 8.23. The van der Waals surface area contributed by atoms with E-state index in [1.165, 1.54) is 0 Å². The van der Waals surface area contributed by atoms with Crippen molar-refractivity contribution in [2.75, 3.05) is 11.5 Å². The van der Waals surface area contributed by atoms with E-state index in [2.05, 4.69) is 5.38 Å². The van der Waals surface area contributed by atoms with Crippen molar-refractivity contribution in [1.29, 1.82) is 0 Å². The van der Waals surface area contributed by atoms with E-state index in [1.807, 2.05) is 48.2 Å². The van der Waals surface area contributed by atoms with Crippen molar-refractivity contribution in [3.05, 3.63) is 52.2 Å². The molecule has 1 aliphatic rings. The molecule has 1 aromatic heterocycles. The minimum absolute atomic E-state index is 0. The second-order valence-electron chi connectivity index (χ2n) is 6.01. The Labute approximate surface area is 178 Å². The van der Waals surface area contributed by atoms with Gasteiger partial charge in [0.05, 0.1) is 18.8 Å². The molecule has 25 heavy (non-hydrogen) atoms. The molecule has 1 unspecified atom stereocenters. The number of thiophene rings is 1. The average Bonchev–Trinajstić information content (AvgIpc) is 3.24. The number of rotatable bonds is 7. The van der Waals surface area contributed by atoms with Crippen molar-refractivity contribution in [2.45, 2.75) is 44.9 Å². The molecule has 0 aliphatic carbocycles. The molecule has 1 N–H and O–H groups in total. The van der Waals surface area contributed by atoms with Gasteiger partial charge in [0, 0.05) is 51.4 Å². The van der Waals surface area contributed by atoms with E-state index >= 15 is 0 Å². The first-order valence-electron chi connectivity index (χ1n) is 8.31. The Morgan fingerprint density at radius 1 is 1.36 bits per heavy atom. The summed E-state index contributed by atoms with van der Waals surface area (Å²) in [5, 5.41) is 12.9.